The molecule has 0 bridgehead atoms. The monoisotopic (exact) mass is 246 g/mol. The average Bonchev–Trinajstić information content (AvgIpc) is 2.03. The van der Waals surface area contributed by atoms with Gasteiger partial charge in [-0.05, 0) is 35.0 Å². The zero-order valence-corrected chi connectivity index (χ0v) is 9.23. The number of rotatable bonds is 3. The van der Waals surface area contributed by atoms with Crippen LogP contribution in [0.1, 0.15) is 6.92 Å². The molecule has 66 valence electrons. The van der Waals surface area contributed by atoms with Crippen LogP contribution >= 0.6 is 27.7 Å². The van der Waals surface area contributed by atoms with Crippen LogP contribution in [0, 0.1) is 0 Å². The van der Waals surface area contributed by atoms with Crippen molar-refractivity contribution in [1.29, 1.82) is 0 Å². The molecule has 0 spiro atoms. The van der Waals surface area contributed by atoms with E-state index in [1.807, 2.05) is 19.1 Å². The van der Waals surface area contributed by atoms with Gasteiger partial charge >= 0.3 is 0 Å². The van der Waals surface area contributed by atoms with Crippen molar-refractivity contribution in [2.45, 2.75) is 18.0 Å². The van der Waals surface area contributed by atoms with Crippen LogP contribution in [0.15, 0.2) is 27.8 Å². The number of pyridine rings is 1. The van der Waals surface area contributed by atoms with Gasteiger partial charge in [-0.2, -0.15) is 0 Å². The van der Waals surface area contributed by atoms with E-state index in [0.717, 1.165) is 15.3 Å². The number of aromatic nitrogens is 1. The Morgan fingerprint density at radius 2 is 2.50 bits per heavy atom. The lowest BCUT2D eigenvalue weighted by molar-refractivity contribution is 0.845. The molecule has 1 aromatic heterocycles. The maximum Gasteiger partial charge on any atom is 0.110 e. The lowest BCUT2D eigenvalue weighted by atomic mass is 10.4. The predicted octanol–water partition coefficient (Wildman–Crippen LogP) is 2.28. The molecule has 0 aliphatic heterocycles. The molecule has 1 unspecified atom stereocenters. The first kappa shape index (κ1) is 10.0. The molecule has 0 aliphatic rings. The highest BCUT2D eigenvalue weighted by atomic mass is 79.9. The van der Waals surface area contributed by atoms with Gasteiger partial charge in [0.25, 0.3) is 0 Å². The Morgan fingerprint density at radius 1 is 1.75 bits per heavy atom. The summed E-state index contributed by atoms with van der Waals surface area (Å²) in [5.41, 5.74) is 5.63. The summed E-state index contributed by atoms with van der Waals surface area (Å²) >= 11 is 5.09. The van der Waals surface area contributed by atoms with E-state index in [1.54, 1.807) is 18.0 Å². The highest BCUT2D eigenvalue weighted by Gasteiger charge is 2.01. The Labute approximate surface area is 85.1 Å². The van der Waals surface area contributed by atoms with Crippen molar-refractivity contribution in [3.63, 3.8) is 0 Å². The highest BCUT2D eigenvalue weighted by molar-refractivity contribution is 9.10. The Balaban J connectivity index is 2.57. The van der Waals surface area contributed by atoms with Crippen molar-refractivity contribution < 1.29 is 0 Å². The van der Waals surface area contributed by atoms with Gasteiger partial charge < -0.3 is 5.73 Å². The van der Waals surface area contributed by atoms with Crippen molar-refractivity contribution in [3.05, 3.63) is 22.8 Å². The van der Waals surface area contributed by atoms with E-state index in [1.165, 1.54) is 0 Å². The van der Waals surface area contributed by atoms with Crippen molar-refractivity contribution in [2.75, 3.05) is 5.75 Å². The van der Waals surface area contributed by atoms with Crippen molar-refractivity contribution in [1.82, 2.24) is 4.98 Å². The van der Waals surface area contributed by atoms with Crippen LogP contribution in [0.2, 0.25) is 0 Å². The zero-order valence-electron chi connectivity index (χ0n) is 6.83. The molecule has 0 radical (unpaired) electrons. The number of hydrogen-bond acceptors (Lipinski definition) is 3. The third-order valence-corrected chi connectivity index (χ3v) is 3.40. The molecule has 1 atom stereocenters. The fourth-order valence-corrected chi connectivity index (χ4v) is 2.05. The van der Waals surface area contributed by atoms with Gasteiger partial charge in [0.15, 0.2) is 0 Å². The summed E-state index contributed by atoms with van der Waals surface area (Å²) in [6.45, 7) is 1.99. The minimum Gasteiger partial charge on any atom is -0.327 e. The first-order valence-electron chi connectivity index (χ1n) is 3.69. The van der Waals surface area contributed by atoms with Gasteiger partial charge in [-0.3, -0.25) is 0 Å². The first-order chi connectivity index (χ1) is 5.70. The Kier molecular flexibility index (Phi) is 4.05. The highest BCUT2D eigenvalue weighted by Crippen LogP contribution is 2.24. The van der Waals surface area contributed by atoms with E-state index in [4.69, 9.17) is 5.73 Å². The van der Waals surface area contributed by atoms with Gasteiger partial charge in [0.1, 0.15) is 5.03 Å². The predicted molar refractivity (Wildman–Crippen MR) is 56.3 cm³/mol. The first-order valence-corrected chi connectivity index (χ1v) is 5.47. The van der Waals surface area contributed by atoms with Crippen LogP contribution in [0.4, 0.5) is 0 Å². The minimum atomic E-state index is 0.212. The quantitative estimate of drug-likeness (QED) is 0.833. The van der Waals surface area contributed by atoms with Crippen LogP contribution in [0.5, 0.6) is 0 Å². The summed E-state index contributed by atoms with van der Waals surface area (Å²) in [6.07, 6.45) is 1.79. The van der Waals surface area contributed by atoms with E-state index in [9.17, 15) is 0 Å². The van der Waals surface area contributed by atoms with Crippen molar-refractivity contribution >= 4 is 27.7 Å². The maximum absolute atomic E-state index is 5.63. The topological polar surface area (TPSA) is 38.9 Å². The number of nitrogens with two attached hydrogens (primary N) is 1. The summed E-state index contributed by atoms with van der Waals surface area (Å²) in [5, 5.41) is 1.01. The van der Waals surface area contributed by atoms with Crippen LogP contribution in [0.25, 0.3) is 0 Å². The second kappa shape index (κ2) is 4.84. The number of halogens is 1. The second-order valence-electron chi connectivity index (χ2n) is 2.58. The van der Waals surface area contributed by atoms with E-state index >= 15 is 0 Å². The maximum atomic E-state index is 5.63. The molecular formula is C8H11BrN2S. The fraction of sp³-hybridized carbons (Fsp3) is 0.375. The van der Waals surface area contributed by atoms with E-state index in [-0.39, 0.29) is 6.04 Å². The zero-order chi connectivity index (χ0) is 8.97. The smallest absolute Gasteiger partial charge is 0.110 e. The molecule has 0 aliphatic carbocycles. The van der Waals surface area contributed by atoms with Gasteiger partial charge in [0, 0.05) is 22.5 Å². The average molecular weight is 247 g/mol. The van der Waals surface area contributed by atoms with Gasteiger partial charge in [-0.15, -0.1) is 11.8 Å². The normalized spacial score (nSPS) is 12.9. The van der Waals surface area contributed by atoms with Gasteiger partial charge in [-0.25, -0.2) is 4.98 Å². The molecule has 0 aromatic carbocycles. The fourth-order valence-electron chi connectivity index (χ4n) is 0.688. The number of hydrogen-bond donors (Lipinski definition) is 1. The molecule has 0 amide bonds. The molecule has 1 aromatic rings. The molecule has 0 saturated carbocycles. The van der Waals surface area contributed by atoms with E-state index < -0.39 is 0 Å². The van der Waals surface area contributed by atoms with Gasteiger partial charge in [0.2, 0.25) is 0 Å². The second-order valence-corrected chi connectivity index (χ2v) is 4.44. The number of nitrogens with zero attached hydrogens (tertiary/aromatic N) is 1. The van der Waals surface area contributed by atoms with Crippen LogP contribution in [-0.4, -0.2) is 16.8 Å². The summed E-state index contributed by atoms with van der Waals surface area (Å²) in [7, 11) is 0. The molecule has 1 heterocycles. The SMILES string of the molecule is CC(N)CSc1ncccc1Br. The largest absolute Gasteiger partial charge is 0.327 e. The summed E-state index contributed by atoms with van der Waals surface area (Å²) in [4.78, 5) is 4.21. The molecule has 0 fully saturated rings. The minimum absolute atomic E-state index is 0.212. The van der Waals surface area contributed by atoms with Crippen LogP contribution < -0.4 is 5.73 Å². The van der Waals surface area contributed by atoms with Crippen LogP contribution in [-0.2, 0) is 0 Å². The van der Waals surface area contributed by atoms with Crippen molar-refractivity contribution in [2.24, 2.45) is 5.73 Å². The molecule has 2 N–H and O–H groups in total. The Bertz CT molecular complexity index is 253. The standard InChI is InChI=1S/C8H11BrN2S/c1-6(10)5-12-8-7(9)3-2-4-11-8/h2-4,6H,5,10H2,1H3. The molecular weight excluding hydrogens is 236 g/mol. The van der Waals surface area contributed by atoms with Crippen molar-refractivity contribution in [3.8, 4) is 0 Å². The summed E-state index contributed by atoms with van der Waals surface area (Å²) in [6, 6.07) is 4.10. The lowest BCUT2D eigenvalue weighted by Crippen LogP contribution is -2.17. The molecule has 4 heteroatoms. The Hall–Kier alpha value is -0.0600. The molecule has 1 rings (SSSR count). The molecule has 0 saturated heterocycles. The third kappa shape index (κ3) is 3.13. The van der Waals surface area contributed by atoms with Crippen LogP contribution in [0.3, 0.4) is 0 Å². The van der Waals surface area contributed by atoms with E-state index in [0.29, 0.717) is 0 Å². The van der Waals surface area contributed by atoms with Gasteiger partial charge in [0.05, 0.1) is 0 Å². The van der Waals surface area contributed by atoms with Gasteiger partial charge in [-0.1, -0.05) is 0 Å². The number of thioether (sulfide) groups is 1. The summed E-state index contributed by atoms with van der Waals surface area (Å²) < 4.78 is 1.04. The molecule has 2 nitrogen and oxygen atoms in total. The summed E-state index contributed by atoms with van der Waals surface area (Å²) in [5.74, 6) is 0.898. The molecule has 12 heavy (non-hydrogen) atoms. The third-order valence-electron chi connectivity index (χ3n) is 1.21. The Morgan fingerprint density at radius 3 is 3.08 bits per heavy atom. The lowest BCUT2D eigenvalue weighted by Gasteiger charge is -2.04. The van der Waals surface area contributed by atoms with E-state index in [2.05, 4.69) is 20.9 Å².